The third-order valence-corrected chi connectivity index (χ3v) is 6.65. The first-order valence-corrected chi connectivity index (χ1v) is 11.7. The molecule has 2 N–H and O–H groups in total. The van der Waals surface area contributed by atoms with Crippen LogP contribution in [-0.4, -0.2) is 16.2 Å². The number of carbonyl (C=O) groups excluding carboxylic acids is 1. The zero-order valence-corrected chi connectivity index (χ0v) is 19.0. The molecule has 4 aromatic rings. The minimum Gasteiger partial charge on any atom is -0.308 e. The Labute approximate surface area is 193 Å². The highest BCUT2D eigenvalue weighted by atomic mass is 35.5. The van der Waals surface area contributed by atoms with Crippen molar-refractivity contribution in [1.29, 1.82) is 0 Å². The number of hydrogen-bond acceptors (Lipinski definition) is 5. The first kappa shape index (κ1) is 21.4. The summed E-state index contributed by atoms with van der Waals surface area (Å²) in [5.74, 6) is 0.817. The van der Waals surface area contributed by atoms with E-state index < -0.39 is 0 Å². The van der Waals surface area contributed by atoms with Crippen LogP contribution in [0.3, 0.4) is 0 Å². The number of carbonyl (C=O) groups is 1. The van der Waals surface area contributed by atoms with Crippen LogP contribution in [-0.2, 0) is 5.75 Å². The lowest BCUT2D eigenvalue weighted by atomic mass is 10.2. The quantitative estimate of drug-likeness (QED) is 0.297. The molecule has 0 radical (unpaired) electrons. The van der Waals surface area contributed by atoms with Gasteiger partial charge < -0.3 is 5.32 Å². The first-order chi connectivity index (χ1) is 15.1. The second-order valence-corrected chi connectivity index (χ2v) is 9.20. The maximum Gasteiger partial charge on any atom is 0.325 e. The first-order valence-electron chi connectivity index (χ1n) is 9.52. The number of anilines is 2. The Morgan fingerprint density at radius 1 is 0.968 bits per heavy atom. The molecule has 1 heterocycles. The van der Waals surface area contributed by atoms with Gasteiger partial charge in [-0.15, -0.1) is 22.0 Å². The molecular weight excluding hydrogens is 448 g/mol. The largest absolute Gasteiger partial charge is 0.325 e. The third kappa shape index (κ3) is 5.85. The summed E-state index contributed by atoms with van der Waals surface area (Å²) in [6.45, 7) is 2.00. The fraction of sp³-hybridized carbons (Fsp3) is 0.0870. The number of halogens is 1. The number of benzene rings is 3. The van der Waals surface area contributed by atoms with Crippen LogP contribution in [0.2, 0.25) is 5.02 Å². The summed E-state index contributed by atoms with van der Waals surface area (Å²) in [6, 6.07) is 23.1. The fourth-order valence-corrected chi connectivity index (χ4v) is 4.77. The molecule has 3 aromatic carbocycles. The SMILES string of the molecule is Cc1ccc(NC(=O)Nc2nnc(-c3ccccc3SCc3ccc(Cl)cc3)s2)cc1. The molecule has 0 aliphatic heterocycles. The Kier molecular flexibility index (Phi) is 6.86. The maximum absolute atomic E-state index is 12.3. The summed E-state index contributed by atoms with van der Waals surface area (Å²) in [4.78, 5) is 13.4. The summed E-state index contributed by atoms with van der Waals surface area (Å²) < 4.78 is 0. The molecule has 2 amide bonds. The standard InChI is InChI=1S/C23H19ClN4OS2/c1-15-6-12-18(13-7-15)25-22(29)26-23-28-27-21(31-23)19-4-2-3-5-20(19)30-14-16-8-10-17(24)11-9-16/h2-13H,14H2,1H3,(H2,25,26,28,29). The highest BCUT2D eigenvalue weighted by Gasteiger charge is 2.13. The van der Waals surface area contributed by atoms with E-state index in [1.54, 1.807) is 11.8 Å². The van der Waals surface area contributed by atoms with Crippen molar-refractivity contribution in [2.75, 3.05) is 10.6 Å². The minimum atomic E-state index is -0.350. The molecule has 0 aliphatic rings. The van der Waals surface area contributed by atoms with Crippen molar-refractivity contribution in [3.8, 4) is 10.6 Å². The van der Waals surface area contributed by atoms with Crippen molar-refractivity contribution < 1.29 is 4.79 Å². The van der Waals surface area contributed by atoms with Crippen LogP contribution >= 0.6 is 34.7 Å². The van der Waals surface area contributed by atoms with Gasteiger partial charge in [-0.1, -0.05) is 71.0 Å². The van der Waals surface area contributed by atoms with E-state index in [-0.39, 0.29) is 6.03 Å². The van der Waals surface area contributed by atoms with Gasteiger partial charge in [0.1, 0.15) is 0 Å². The van der Waals surface area contributed by atoms with Crippen molar-refractivity contribution in [2.24, 2.45) is 0 Å². The van der Waals surface area contributed by atoms with Gasteiger partial charge in [0, 0.05) is 26.9 Å². The molecule has 156 valence electrons. The monoisotopic (exact) mass is 466 g/mol. The number of urea groups is 1. The second-order valence-electron chi connectivity index (χ2n) is 6.77. The van der Waals surface area contributed by atoms with Crippen molar-refractivity contribution in [1.82, 2.24) is 10.2 Å². The van der Waals surface area contributed by atoms with Crippen LogP contribution in [0.5, 0.6) is 0 Å². The van der Waals surface area contributed by atoms with Crippen molar-refractivity contribution >= 4 is 51.5 Å². The number of aryl methyl sites for hydroxylation is 1. The van der Waals surface area contributed by atoms with E-state index in [1.807, 2.05) is 73.7 Å². The van der Waals surface area contributed by atoms with Gasteiger partial charge in [0.05, 0.1) is 0 Å². The number of hydrogen-bond donors (Lipinski definition) is 2. The van der Waals surface area contributed by atoms with E-state index in [4.69, 9.17) is 11.6 Å². The van der Waals surface area contributed by atoms with E-state index in [9.17, 15) is 4.79 Å². The number of nitrogens with zero attached hydrogens (tertiary/aromatic N) is 2. The predicted octanol–water partition coefficient (Wildman–Crippen LogP) is 7.10. The van der Waals surface area contributed by atoms with Gasteiger partial charge in [-0.3, -0.25) is 5.32 Å². The molecule has 0 fully saturated rings. The van der Waals surface area contributed by atoms with E-state index in [0.717, 1.165) is 37.5 Å². The predicted molar refractivity (Wildman–Crippen MR) is 130 cm³/mol. The zero-order chi connectivity index (χ0) is 21.6. The molecule has 1 aromatic heterocycles. The molecule has 0 spiro atoms. The molecule has 0 saturated carbocycles. The molecule has 4 rings (SSSR count). The van der Waals surface area contributed by atoms with Gasteiger partial charge >= 0.3 is 6.03 Å². The van der Waals surface area contributed by atoms with Crippen molar-refractivity contribution in [3.63, 3.8) is 0 Å². The van der Waals surface area contributed by atoms with Gasteiger partial charge in [0.15, 0.2) is 5.01 Å². The second kappa shape index (κ2) is 9.96. The molecule has 0 aliphatic carbocycles. The molecule has 0 unspecified atom stereocenters. The molecule has 0 atom stereocenters. The van der Waals surface area contributed by atoms with Gasteiger partial charge in [-0.25, -0.2) is 4.79 Å². The highest BCUT2D eigenvalue weighted by molar-refractivity contribution is 7.98. The van der Waals surface area contributed by atoms with Crippen molar-refractivity contribution in [2.45, 2.75) is 17.6 Å². The van der Waals surface area contributed by atoms with Gasteiger partial charge in [-0.05, 0) is 42.8 Å². The van der Waals surface area contributed by atoms with Crippen LogP contribution in [0.15, 0.2) is 77.7 Å². The van der Waals surface area contributed by atoms with Crippen LogP contribution in [0.25, 0.3) is 10.6 Å². The number of aromatic nitrogens is 2. The Hall–Kier alpha value is -2.87. The van der Waals surface area contributed by atoms with E-state index in [1.165, 1.54) is 16.9 Å². The fourth-order valence-electron chi connectivity index (χ4n) is 2.79. The minimum absolute atomic E-state index is 0.350. The van der Waals surface area contributed by atoms with Crippen LogP contribution in [0, 0.1) is 6.92 Å². The van der Waals surface area contributed by atoms with Crippen LogP contribution in [0.1, 0.15) is 11.1 Å². The molecule has 0 bridgehead atoms. The van der Waals surface area contributed by atoms with Crippen LogP contribution in [0.4, 0.5) is 15.6 Å². The third-order valence-electron chi connectivity index (χ3n) is 4.38. The molecule has 8 heteroatoms. The summed E-state index contributed by atoms with van der Waals surface area (Å²) >= 11 is 9.03. The van der Waals surface area contributed by atoms with Gasteiger partial charge in [-0.2, -0.15) is 0 Å². The smallest absolute Gasteiger partial charge is 0.308 e. The van der Waals surface area contributed by atoms with E-state index in [2.05, 4.69) is 26.9 Å². The number of amides is 2. The normalized spacial score (nSPS) is 10.6. The van der Waals surface area contributed by atoms with E-state index in [0.29, 0.717) is 5.13 Å². The highest BCUT2D eigenvalue weighted by Crippen LogP contribution is 2.35. The summed E-state index contributed by atoms with van der Waals surface area (Å²) in [7, 11) is 0. The summed E-state index contributed by atoms with van der Waals surface area (Å²) in [5, 5.41) is 15.9. The molecule has 5 nitrogen and oxygen atoms in total. The average Bonchev–Trinajstić information content (AvgIpc) is 3.23. The molecular formula is C23H19ClN4OS2. The van der Waals surface area contributed by atoms with E-state index >= 15 is 0 Å². The summed E-state index contributed by atoms with van der Waals surface area (Å²) in [5.41, 5.74) is 4.03. The number of nitrogens with one attached hydrogen (secondary N) is 2. The zero-order valence-electron chi connectivity index (χ0n) is 16.6. The van der Waals surface area contributed by atoms with Crippen molar-refractivity contribution in [3.05, 3.63) is 88.9 Å². The Balaban J connectivity index is 1.43. The Bertz CT molecular complexity index is 1180. The summed E-state index contributed by atoms with van der Waals surface area (Å²) in [6.07, 6.45) is 0. The van der Waals surface area contributed by atoms with Gasteiger partial charge in [0.2, 0.25) is 5.13 Å². The number of rotatable bonds is 6. The lowest BCUT2D eigenvalue weighted by Crippen LogP contribution is -2.19. The Morgan fingerprint density at radius 2 is 1.71 bits per heavy atom. The van der Waals surface area contributed by atoms with Crippen LogP contribution < -0.4 is 10.6 Å². The lowest BCUT2D eigenvalue weighted by Gasteiger charge is -2.07. The number of thioether (sulfide) groups is 1. The Morgan fingerprint density at radius 3 is 2.48 bits per heavy atom. The average molecular weight is 467 g/mol. The van der Waals surface area contributed by atoms with Gasteiger partial charge in [0.25, 0.3) is 0 Å². The topological polar surface area (TPSA) is 66.9 Å². The maximum atomic E-state index is 12.3. The lowest BCUT2D eigenvalue weighted by molar-refractivity contribution is 0.262. The molecule has 0 saturated heterocycles. The molecule has 31 heavy (non-hydrogen) atoms.